The molecule has 5 heteroatoms. The molecule has 302 valence electrons. The molecule has 65 heavy (non-hydrogen) atoms. The predicted molar refractivity (Wildman–Crippen MR) is 271 cm³/mol. The molecule has 0 saturated heterocycles. The lowest BCUT2D eigenvalue weighted by Crippen LogP contribution is -2.04. The van der Waals surface area contributed by atoms with Crippen LogP contribution in [0.4, 0.5) is 0 Å². The molecule has 0 spiro atoms. The minimum Gasteiger partial charge on any atom is -0.309 e. The van der Waals surface area contributed by atoms with E-state index in [1.54, 1.807) is 0 Å². The number of rotatable bonds is 5. The smallest absolute Gasteiger partial charge is 0.235 e. The van der Waals surface area contributed by atoms with Crippen LogP contribution in [0.5, 0.6) is 0 Å². The molecule has 0 amide bonds. The van der Waals surface area contributed by atoms with Crippen molar-refractivity contribution in [2.24, 2.45) is 0 Å². The molecule has 0 N–H and O–H groups in total. The summed E-state index contributed by atoms with van der Waals surface area (Å²) in [6.45, 7) is 0. The van der Waals surface area contributed by atoms with Crippen LogP contribution in [0, 0.1) is 0 Å². The number of aromatic nitrogens is 5. The second-order valence-electron chi connectivity index (χ2n) is 17.0. The quantitative estimate of drug-likeness (QED) is 0.162. The van der Waals surface area contributed by atoms with Gasteiger partial charge in [-0.15, -0.1) is 0 Å². The van der Waals surface area contributed by atoms with Gasteiger partial charge in [0.2, 0.25) is 5.95 Å². The van der Waals surface area contributed by atoms with Gasteiger partial charge in [-0.25, -0.2) is 9.97 Å². The molecule has 0 radical (unpaired) electrons. The van der Waals surface area contributed by atoms with Crippen LogP contribution in [-0.4, -0.2) is 23.7 Å². The molecule has 0 aliphatic carbocycles. The van der Waals surface area contributed by atoms with Crippen LogP contribution in [0.15, 0.2) is 224 Å². The third-order valence-corrected chi connectivity index (χ3v) is 13.5. The molecule has 14 rings (SSSR count). The van der Waals surface area contributed by atoms with Crippen molar-refractivity contribution in [1.82, 2.24) is 23.7 Å². The maximum Gasteiger partial charge on any atom is 0.235 e. The Bertz CT molecular complexity index is 3950. The average molecular weight is 828 g/mol. The highest BCUT2D eigenvalue weighted by Crippen LogP contribution is 2.41. The summed E-state index contributed by atoms with van der Waals surface area (Å²) in [7, 11) is 0. The molecule has 4 heterocycles. The lowest BCUT2D eigenvalue weighted by molar-refractivity contribution is 1.01. The van der Waals surface area contributed by atoms with Gasteiger partial charge in [0.25, 0.3) is 0 Å². The number of hydrogen-bond acceptors (Lipinski definition) is 2. The van der Waals surface area contributed by atoms with Gasteiger partial charge in [-0.3, -0.25) is 4.57 Å². The van der Waals surface area contributed by atoms with Crippen molar-refractivity contribution in [1.29, 1.82) is 0 Å². The van der Waals surface area contributed by atoms with Gasteiger partial charge in [0.15, 0.2) is 0 Å². The van der Waals surface area contributed by atoms with Crippen molar-refractivity contribution in [3.05, 3.63) is 224 Å². The molecule has 14 aromatic rings. The van der Waals surface area contributed by atoms with Crippen molar-refractivity contribution < 1.29 is 0 Å². The summed E-state index contributed by atoms with van der Waals surface area (Å²) in [4.78, 5) is 11.1. The molecular weight excluding hydrogens is 791 g/mol. The van der Waals surface area contributed by atoms with Gasteiger partial charge in [0, 0.05) is 60.0 Å². The number of nitrogens with zero attached hydrogens (tertiary/aromatic N) is 5. The Morgan fingerprint density at radius 1 is 0.262 bits per heavy atom. The Hall–Kier alpha value is -8.80. The zero-order chi connectivity index (χ0) is 42.6. The first-order chi connectivity index (χ1) is 32.2. The molecule has 0 aliphatic rings. The van der Waals surface area contributed by atoms with Crippen molar-refractivity contribution in [2.45, 2.75) is 0 Å². The van der Waals surface area contributed by atoms with Gasteiger partial charge < -0.3 is 9.13 Å². The van der Waals surface area contributed by atoms with Gasteiger partial charge in [-0.1, -0.05) is 158 Å². The lowest BCUT2D eigenvalue weighted by Gasteiger charge is -2.14. The zero-order valence-electron chi connectivity index (χ0n) is 35.1. The Labute approximate surface area is 373 Å². The summed E-state index contributed by atoms with van der Waals surface area (Å²) in [5, 5.41) is 10.4. The third-order valence-electron chi connectivity index (χ3n) is 13.5. The Balaban J connectivity index is 1.07. The summed E-state index contributed by atoms with van der Waals surface area (Å²) < 4.78 is 7.08. The number of benzene rings is 10. The van der Waals surface area contributed by atoms with Crippen molar-refractivity contribution in [2.75, 3.05) is 0 Å². The summed E-state index contributed by atoms with van der Waals surface area (Å²) in [5.41, 5.74) is 14.2. The maximum atomic E-state index is 5.57. The van der Waals surface area contributed by atoms with Gasteiger partial charge in [0.1, 0.15) is 0 Å². The van der Waals surface area contributed by atoms with E-state index in [9.17, 15) is 0 Å². The van der Waals surface area contributed by atoms with E-state index in [0.717, 1.165) is 66.1 Å². The van der Waals surface area contributed by atoms with E-state index < -0.39 is 0 Å². The second kappa shape index (κ2) is 13.9. The molecule has 0 fully saturated rings. The van der Waals surface area contributed by atoms with E-state index in [1.165, 1.54) is 54.7 Å². The minimum absolute atomic E-state index is 0.630. The van der Waals surface area contributed by atoms with Gasteiger partial charge in [-0.2, -0.15) is 0 Å². The summed E-state index contributed by atoms with van der Waals surface area (Å²) in [6, 6.07) is 80.9. The first-order valence-electron chi connectivity index (χ1n) is 22.2. The molecule has 0 saturated carbocycles. The second-order valence-corrected chi connectivity index (χ2v) is 17.0. The highest BCUT2D eigenvalue weighted by Gasteiger charge is 2.22. The topological polar surface area (TPSA) is 40.6 Å². The molecule has 0 aliphatic heterocycles. The van der Waals surface area contributed by atoms with Crippen LogP contribution in [-0.2, 0) is 0 Å². The fourth-order valence-electron chi connectivity index (χ4n) is 10.5. The zero-order valence-corrected chi connectivity index (χ0v) is 35.1. The molecule has 4 aromatic heterocycles. The highest BCUT2D eigenvalue weighted by atomic mass is 15.2. The van der Waals surface area contributed by atoms with Crippen molar-refractivity contribution in [3.63, 3.8) is 0 Å². The van der Waals surface area contributed by atoms with Crippen LogP contribution in [0.25, 0.3) is 127 Å². The van der Waals surface area contributed by atoms with E-state index in [1.807, 2.05) is 0 Å². The van der Waals surface area contributed by atoms with Gasteiger partial charge >= 0.3 is 0 Å². The van der Waals surface area contributed by atoms with Gasteiger partial charge in [-0.05, 0) is 83.2 Å². The summed E-state index contributed by atoms with van der Waals surface area (Å²) in [5.74, 6) is 0.630. The van der Waals surface area contributed by atoms with E-state index >= 15 is 0 Å². The van der Waals surface area contributed by atoms with Crippen LogP contribution in [0.2, 0.25) is 0 Å². The van der Waals surface area contributed by atoms with E-state index in [0.29, 0.717) is 5.95 Å². The molecule has 5 nitrogen and oxygen atoms in total. The Morgan fingerprint density at radius 2 is 0.692 bits per heavy atom. The number of fused-ring (bicyclic) bond motifs is 12. The highest BCUT2D eigenvalue weighted by molar-refractivity contribution is 6.15. The number of para-hydroxylation sites is 4. The molecule has 0 bridgehead atoms. The van der Waals surface area contributed by atoms with Crippen LogP contribution in [0.1, 0.15) is 0 Å². The normalized spacial score (nSPS) is 12.0. The van der Waals surface area contributed by atoms with E-state index in [4.69, 9.17) is 9.97 Å². The predicted octanol–water partition coefficient (Wildman–Crippen LogP) is 15.4. The molecule has 0 atom stereocenters. The third kappa shape index (κ3) is 5.33. The van der Waals surface area contributed by atoms with Crippen LogP contribution < -0.4 is 0 Å². The largest absolute Gasteiger partial charge is 0.309 e. The number of hydrogen-bond donors (Lipinski definition) is 0. The van der Waals surface area contributed by atoms with Crippen molar-refractivity contribution >= 4 is 87.1 Å². The SMILES string of the molecule is c1ccc(-c2ccc(-c3nc(-n4c5ccc(-n6c7ccccc7c7ccccc76)cc5c5cc(-n6c7ccccc7c7ccccc76)ccc54)nc4c3ccc3ccccc34)cc2)cc1. The summed E-state index contributed by atoms with van der Waals surface area (Å²) >= 11 is 0. The van der Waals surface area contributed by atoms with Crippen molar-refractivity contribution in [3.8, 4) is 39.7 Å². The fourth-order valence-corrected chi connectivity index (χ4v) is 10.5. The Morgan fingerprint density at radius 3 is 1.23 bits per heavy atom. The lowest BCUT2D eigenvalue weighted by atomic mass is 9.99. The van der Waals surface area contributed by atoms with E-state index in [-0.39, 0.29) is 0 Å². The fraction of sp³-hybridized carbons (Fsp3) is 0. The maximum absolute atomic E-state index is 5.57. The van der Waals surface area contributed by atoms with Crippen LogP contribution >= 0.6 is 0 Å². The molecular formula is C60H37N5. The van der Waals surface area contributed by atoms with Crippen LogP contribution in [0.3, 0.4) is 0 Å². The standard InChI is InChI=1S/C60H37N5/c1-2-14-38(15-3-1)39-26-28-41(29-27-39)58-49-33-30-40-16-4-5-17-44(40)59(49)62-60(61-58)65-56-34-31-42(63-52-22-10-6-18-45(52)46-19-7-11-23-53(46)63)36-50(56)51-37-43(32-35-57(51)65)64-54-24-12-8-20-47(54)48-21-9-13-25-55(48)64/h1-37H. The molecule has 10 aromatic carbocycles. The molecule has 0 unspecified atom stereocenters. The van der Waals surface area contributed by atoms with Gasteiger partial charge in [0.05, 0.1) is 44.3 Å². The van der Waals surface area contributed by atoms with E-state index in [2.05, 4.69) is 238 Å². The average Bonchev–Trinajstić information content (AvgIpc) is 4.01. The Kier molecular flexibility index (Phi) is 7.62. The summed E-state index contributed by atoms with van der Waals surface area (Å²) in [6.07, 6.45) is 0. The first kappa shape index (κ1) is 35.8. The first-order valence-corrected chi connectivity index (χ1v) is 22.2. The monoisotopic (exact) mass is 827 g/mol. The minimum atomic E-state index is 0.630.